The van der Waals surface area contributed by atoms with Crippen LogP contribution in [0, 0.1) is 11.3 Å². The van der Waals surface area contributed by atoms with Gasteiger partial charge in [0.1, 0.15) is 22.5 Å². The second kappa shape index (κ2) is 7.14. The molecule has 1 aromatic rings. The van der Waals surface area contributed by atoms with Crippen molar-refractivity contribution in [1.82, 2.24) is 4.90 Å². The van der Waals surface area contributed by atoms with Crippen molar-refractivity contribution in [2.75, 3.05) is 13.7 Å². The molecule has 0 unspecified atom stereocenters. The zero-order valence-corrected chi connectivity index (χ0v) is 15.5. The molecule has 0 bridgehead atoms. The Morgan fingerprint density at radius 1 is 1.50 bits per heavy atom. The van der Waals surface area contributed by atoms with Gasteiger partial charge in [-0.3, -0.25) is 4.90 Å². The molecule has 0 amide bonds. The third-order valence-electron chi connectivity index (χ3n) is 4.08. The number of nitrogens with zero attached hydrogens (tertiary/aromatic N) is 3. The van der Waals surface area contributed by atoms with Crippen LogP contribution in [0.25, 0.3) is 0 Å². The lowest BCUT2D eigenvalue weighted by molar-refractivity contribution is -0.139. The highest BCUT2D eigenvalue weighted by Gasteiger charge is 2.42. The summed E-state index contributed by atoms with van der Waals surface area (Å²) < 4.78 is 10.6. The lowest BCUT2D eigenvalue weighted by Gasteiger charge is -2.34. The predicted molar refractivity (Wildman–Crippen MR) is 98.8 cm³/mol. The Bertz CT molecular complexity index is 898. The molecule has 8 heteroatoms. The zero-order chi connectivity index (χ0) is 18.8. The summed E-state index contributed by atoms with van der Waals surface area (Å²) in [6.45, 7) is 3.76. The maximum atomic E-state index is 12.7. The molecule has 7 nitrogen and oxygen atoms in total. The predicted octanol–water partition coefficient (Wildman–Crippen LogP) is 2.64. The summed E-state index contributed by atoms with van der Waals surface area (Å²) >= 11 is 1.19. The number of ether oxygens (including phenoxy) is 2. The van der Waals surface area contributed by atoms with E-state index in [2.05, 4.69) is 11.1 Å². The number of fused-ring (bicyclic) bond motifs is 1. The second-order valence-corrected chi connectivity index (χ2v) is 6.57. The van der Waals surface area contributed by atoms with E-state index in [0.717, 1.165) is 5.56 Å². The molecule has 134 valence electrons. The number of benzene rings is 1. The minimum atomic E-state index is -0.546. The van der Waals surface area contributed by atoms with Crippen LogP contribution in [-0.2, 0) is 9.53 Å². The number of allylic oxidation sites excluding steroid dienone is 2. The average molecular weight is 370 g/mol. The lowest BCUT2D eigenvalue weighted by atomic mass is 9.94. The molecule has 2 N–H and O–H groups in total. The number of rotatable bonds is 4. The number of carbonyl (C=O) groups is 1. The molecular formula is C18H18N4O3S. The molecule has 1 aromatic carbocycles. The van der Waals surface area contributed by atoms with E-state index in [4.69, 9.17) is 15.2 Å². The van der Waals surface area contributed by atoms with Crippen molar-refractivity contribution in [1.29, 1.82) is 5.26 Å². The third kappa shape index (κ3) is 2.91. The number of esters is 1. The first-order chi connectivity index (χ1) is 12.5. The van der Waals surface area contributed by atoms with E-state index in [1.165, 1.54) is 11.8 Å². The van der Waals surface area contributed by atoms with Crippen LogP contribution < -0.4 is 10.5 Å². The van der Waals surface area contributed by atoms with Crippen LogP contribution in [0.15, 0.2) is 51.3 Å². The number of hydrogen-bond donors (Lipinski definition) is 1. The zero-order valence-electron chi connectivity index (χ0n) is 14.6. The number of nitriles is 1. The molecule has 2 heterocycles. The quantitative estimate of drug-likeness (QED) is 0.813. The van der Waals surface area contributed by atoms with Crippen LogP contribution >= 0.6 is 11.8 Å². The Hall–Kier alpha value is -2.92. The number of methoxy groups -OCH3 is 1. The second-order valence-electron chi connectivity index (χ2n) is 5.59. The average Bonchev–Trinajstić information content (AvgIpc) is 2.96. The number of amidine groups is 1. The summed E-state index contributed by atoms with van der Waals surface area (Å²) in [6, 6.07) is 8.91. The van der Waals surface area contributed by atoms with Crippen LogP contribution in [-0.4, -0.2) is 29.8 Å². The van der Waals surface area contributed by atoms with Gasteiger partial charge in [0, 0.05) is 0 Å². The van der Waals surface area contributed by atoms with E-state index in [1.54, 1.807) is 25.9 Å². The molecule has 1 atom stereocenters. The van der Waals surface area contributed by atoms with Crippen LogP contribution in [0.5, 0.6) is 5.75 Å². The molecule has 0 saturated heterocycles. The fourth-order valence-corrected chi connectivity index (χ4v) is 3.85. The van der Waals surface area contributed by atoms with Gasteiger partial charge in [0.25, 0.3) is 0 Å². The highest BCUT2D eigenvalue weighted by atomic mass is 32.2. The van der Waals surface area contributed by atoms with Crippen molar-refractivity contribution in [3.63, 3.8) is 0 Å². The van der Waals surface area contributed by atoms with Crippen LogP contribution in [0.4, 0.5) is 0 Å². The number of aliphatic imine (C=N–C) groups is 1. The van der Waals surface area contributed by atoms with Gasteiger partial charge >= 0.3 is 5.97 Å². The normalized spacial score (nSPS) is 19.1. The van der Waals surface area contributed by atoms with Crippen LogP contribution in [0.1, 0.15) is 25.5 Å². The Morgan fingerprint density at radius 2 is 2.27 bits per heavy atom. The van der Waals surface area contributed by atoms with E-state index in [-0.39, 0.29) is 12.4 Å². The molecule has 2 aliphatic rings. The summed E-state index contributed by atoms with van der Waals surface area (Å²) in [6.07, 6.45) is 0. The molecule has 0 aromatic heterocycles. The maximum Gasteiger partial charge on any atom is 0.338 e. The first-order valence-electron chi connectivity index (χ1n) is 7.99. The molecule has 2 aliphatic heterocycles. The van der Waals surface area contributed by atoms with E-state index >= 15 is 0 Å². The van der Waals surface area contributed by atoms with Crippen molar-refractivity contribution < 1.29 is 14.3 Å². The van der Waals surface area contributed by atoms with Crippen molar-refractivity contribution in [3.05, 3.63) is 51.8 Å². The molecule has 3 rings (SSSR count). The van der Waals surface area contributed by atoms with E-state index < -0.39 is 12.0 Å². The maximum absolute atomic E-state index is 12.7. The fourth-order valence-electron chi connectivity index (χ4n) is 2.94. The van der Waals surface area contributed by atoms with Gasteiger partial charge in [0.05, 0.1) is 31.0 Å². The number of hydrogen-bond acceptors (Lipinski definition) is 8. The van der Waals surface area contributed by atoms with Gasteiger partial charge in [0.15, 0.2) is 5.17 Å². The largest absolute Gasteiger partial charge is 0.497 e. The highest BCUT2D eigenvalue weighted by Crippen LogP contribution is 2.45. The number of thioether (sulfide) groups is 1. The van der Waals surface area contributed by atoms with Gasteiger partial charge < -0.3 is 15.2 Å². The standard InChI is InChI=1S/C18H18N4O3S/c1-4-25-17(23)14-10(2)21-18-22(16(20)13(9-19)26-18)15(14)11-6-5-7-12(8-11)24-3/h5-8,15H,4,20H2,1-3H3/t15-/m0/s1. The Balaban J connectivity index is 2.19. The molecular weight excluding hydrogens is 352 g/mol. The minimum Gasteiger partial charge on any atom is -0.497 e. The Labute approximate surface area is 155 Å². The van der Waals surface area contributed by atoms with Crippen LogP contribution in [0.3, 0.4) is 0 Å². The first kappa shape index (κ1) is 17.9. The molecule has 0 radical (unpaired) electrons. The topological polar surface area (TPSA) is 101 Å². The molecule has 26 heavy (non-hydrogen) atoms. The SMILES string of the molecule is CCOC(=O)C1=C(C)N=C2SC(C#N)=C(N)N2[C@H]1c1cccc(OC)c1. The van der Waals surface area contributed by atoms with Crippen molar-refractivity contribution in [2.24, 2.45) is 10.7 Å². The minimum absolute atomic E-state index is 0.251. The van der Waals surface area contributed by atoms with E-state index in [1.807, 2.05) is 24.3 Å². The molecule has 0 spiro atoms. The van der Waals surface area contributed by atoms with Gasteiger partial charge in [-0.1, -0.05) is 12.1 Å². The lowest BCUT2D eigenvalue weighted by Crippen LogP contribution is -2.38. The summed E-state index contributed by atoms with van der Waals surface area (Å²) in [4.78, 5) is 19.2. The number of nitrogens with two attached hydrogens (primary N) is 1. The summed E-state index contributed by atoms with van der Waals surface area (Å²) in [7, 11) is 1.58. The van der Waals surface area contributed by atoms with Gasteiger partial charge in [-0.25, -0.2) is 9.79 Å². The van der Waals surface area contributed by atoms with Gasteiger partial charge in [0.2, 0.25) is 0 Å². The van der Waals surface area contributed by atoms with Gasteiger partial charge in [-0.05, 0) is 43.3 Å². The smallest absolute Gasteiger partial charge is 0.338 e. The Kier molecular flexibility index (Phi) is 4.91. The number of carbonyl (C=O) groups excluding carboxylic acids is 1. The van der Waals surface area contributed by atoms with Crippen molar-refractivity contribution in [3.8, 4) is 11.8 Å². The van der Waals surface area contributed by atoms with E-state index in [0.29, 0.717) is 27.1 Å². The highest BCUT2D eigenvalue weighted by molar-refractivity contribution is 8.17. The molecule has 0 aliphatic carbocycles. The van der Waals surface area contributed by atoms with Crippen molar-refractivity contribution >= 4 is 22.9 Å². The van der Waals surface area contributed by atoms with E-state index in [9.17, 15) is 10.1 Å². The molecule has 0 fully saturated rings. The third-order valence-corrected chi connectivity index (χ3v) is 5.06. The summed E-state index contributed by atoms with van der Waals surface area (Å²) in [5.41, 5.74) is 7.93. The molecule has 0 saturated carbocycles. The Morgan fingerprint density at radius 3 is 2.92 bits per heavy atom. The van der Waals surface area contributed by atoms with Gasteiger partial charge in [-0.2, -0.15) is 5.26 Å². The fraction of sp³-hybridized carbons (Fsp3) is 0.278. The summed E-state index contributed by atoms with van der Waals surface area (Å²) in [5, 5.41) is 9.90. The summed E-state index contributed by atoms with van der Waals surface area (Å²) in [5.74, 6) is 0.476. The van der Waals surface area contributed by atoms with Crippen LogP contribution in [0.2, 0.25) is 0 Å². The van der Waals surface area contributed by atoms with Gasteiger partial charge in [-0.15, -0.1) is 0 Å². The monoisotopic (exact) mass is 370 g/mol. The first-order valence-corrected chi connectivity index (χ1v) is 8.80. The van der Waals surface area contributed by atoms with Crippen molar-refractivity contribution in [2.45, 2.75) is 19.9 Å².